The monoisotopic (exact) mass is 336 g/mol. The molecule has 0 fully saturated rings. The van der Waals surface area contributed by atoms with Crippen molar-refractivity contribution >= 4 is 32.6 Å². The molecule has 3 aromatic heterocycles. The summed E-state index contributed by atoms with van der Waals surface area (Å²) in [5, 5.41) is 6.16. The molecule has 6 nitrogen and oxygen atoms in total. The van der Waals surface area contributed by atoms with E-state index in [4.69, 9.17) is 5.73 Å². The first-order chi connectivity index (χ1) is 10.2. The van der Waals surface area contributed by atoms with E-state index in [0.29, 0.717) is 5.65 Å². The van der Waals surface area contributed by atoms with Crippen molar-refractivity contribution in [1.82, 2.24) is 14.6 Å². The SMILES string of the molecule is CC(C)(C)S(=O)(=O)c1cnc2c(-c3cccs3)cnn2c1N. The van der Waals surface area contributed by atoms with Gasteiger partial charge in [-0.25, -0.2) is 13.4 Å². The van der Waals surface area contributed by atoms with Crippen molar-refractivity contribution in [2.24, 2.45) is 0 Å². The number of hydrogen-bond acceptors (Lipinski definition) is 6. The summed E-state index contributed by atoms with van der Waals surface area (Å²) in [7, 11) is -3.59. The normalized spacial score (nSPS) is 12.9. The van der Waals surface area contributed by atoms with E-state index in [1.54, 1.807) is 38.3 Å². The fraction of sp³-hybridized carbons (Fsp3) is 0.286. The van der Waals surface area contributed by atoms with E-state index < -0.39 is 14.6 Å². The van der Waals surface area contributed by atoms with Crippen LogP contribution in [0.4, 0.5) is 5.82 Å². The average molecular weight is 336 g/mol. The molecule has 0 aliphatic carbocycles. The van der Waals surface area contributed by atoms with E-state index in [0.717, 1.165) is 10.4 Å². The predicted octanol–water partition coefficient (Wildman–Crippen LogP) is 2.61. The van der Waals surface area contributed by atoms with E-state index in [1.807, 2.05) is 17.5 Å². The molecule has 0 radical (unpaired) electrons. The minimum absolute atomic E-state index is 0.00771. The van der Waals surface area contributed by atoms with Crippen LogP contribution in [0.25, 0.3) is 16.1 Å². The van der Waals surface area contributed by atoms with Crippen LogP contribution in [0.3, 0.4) is 0 Å². The lowest BCUT2D eigenvalue weighted by Gasteiger charge is -2.20. The predicted molar refractivity (Wildman–Crippen MR) is 87.7 cm³/mol. The van der Waals surface area contributed by atoms with Gasteiger partial charge >= 0.3 is 0 Å². The van der Waals surface area contributed by atoms with Crippen molar-refractivity contribution in [1.29, 1.82) is 0 Å². The van der Waals surface area contributed by atoms with E-state index in [-0.39, 0.29) is 10.7 Å². The second kappa shape index (κ2) is 4.79. The van der Waals surface area contributed by atoms with Crippen molar-refractivity contribution in [3.05, 3.63) is 29.9 Å². The summed E-state index contributed by atoms with van der Waals surface area (Å²) in [4.78, 5) is 5.30. The number of sulfone groups is 1. The largest absolute Gasteiger partial charge is 0.382 e. The molecule has 22 heavy (non-hydrogen) atoms. The molecule has 0 bridgehead atoms. The van der Waals surface area contributed by atoms with Crippen LogP contribution >= 0.6 is 11.3 Å². The highest BCUT2D eigenvalue weighted by atomic mass is 32.2. The number of rotatable bonds is 2. The molecule has 2 N–H and O–H groups in total. The number of fused-ring (bicyclic) bond motifs is 1. The van der Waals surface area contributed by atoms with Gasteiger partial charge < -0.3 is 5.73 Å². The third-order valence-corrected chi connectivity index (χ3v) is 6.82. The highest BCUT2D eigenvalue weighted by Gasteiger charge is 2.34. The van der Waals surface area contributed by atoms with Crippen LogP contribution in [0.15, 0.2) is 34.8 Å². The van der Waals surface area contributed by atoms with Gasteiger partial charge in [-0.1, -0.05) is 6.07 Å². The lowest BCUT2D eigenvalue weighted by atomic mass is 10.3. The smallest absolute Gasteiger partial charge is 0.188 e. The first kappa shape index (κ1) is 15.0. The number of anilines is 1. The second-order valence-corrected chi connectivity index (χ2v) is 9.51. The molecule has 3 aromatic rings. The van der Waals surface area contributed by atoms with Gasteiger partial charge in [0, 0.05) is 4.88 Å². The molecule has 0 aliphatic heterocycles. The Morgan fingerprint density at radius 1 is 1.27 bits per heavy atom. The van der Waals surface area contributed by atoms with Crippen molar-refractivity contribution in [3.8, 4) is 10.4 Å². The van der Waals surface area contributed by atoms with Crippen molar-refractivity contribution in [2.45, 2.75) is 30.4 Å². The Kier molecular flexibility index (Phi) is 3.26. The summed E-state index contributed by atoms with van der Waals surface area (Å²) in [6.45, 7) is 4.89. The Morgan fingerprint density at radius 2 is 2.00 bits per heavy atom. The lowest BCUT2D eigenvalue weighted by molar-refractivity contribution is 0.559. The van der Waals surface area contributed by atoms with Gasteiger partial charge in [-0.3, -0.25) is 0 Å². The van der Waals surface area contributed by atoms with Gasteiger partial charge in [-0.05, 0) is 32.2 Å². The summed E-state index contributed by atoms with van der Waals surface area (Å²) in [6.07, 6.45) is 2.97. The molecular weight excluding hydrogens is 320 g/mol. The minimum atomic E-state index is -3.59. The Morgan fingerprint density at radius 3 is 2.59 bits per heavy atom. The number of nitrogens with two attached hydrogens (primary N) is 1. The lowest BCUT2D eigenvalue weighted by Crippen LogP contribution is -2.29. The van der Waals surface area contributed by atoms with Crippen LogP contribution in [0.1, 0.15) is 20.8 Å². The average Bonchev–Trinajstić information content (AvgIpc) is 3.05. The van der Waals surface area contributed by atoms with Crippen LogP contribution < -0.4 is 5.73 Å². The summed E-state index contributed by atoms with van der Waals surface area (Å²) >= 11 is 1.56. The summed E-state index contributed by atoms with van der Waals surface area (Å²) in [5.41, 5.74) is 7.44. The fourth-order valence-corrected chi connectivity index (χ4v) is 4.02. The molecule has 0 saturated heterocycles. The highest BCUT2D eigenvalue weighted by molar-refractivity contribution is 7.92. The number of nitrogens with zero attached hydrogens (tertiary/aromatic N) is 3. The third kappa shape index (κ3) is 2.10. The van der Waals surface area contributed by atoms with Gasteiger partial charge in [0.2, 0.25) is 0 Å². The third-order valence-electron chi connectivity index (χ3n) is 3.41. The molecule has 0 saturated carbocycles. The number of hydrogen-bond donors (Lipinski definition) is 1. The topological polar surface area (TPSA) is 90.3 Å². The van der Waals surface area contributed by atoms with E-state index >= 15 is 0 Å². The van der Waals surface area contributed by atoms with Crippen LogP contribution in [0, 0.1) is 0 Å². The Labute approximate surface area is 132 Å². The Balaban J connectivity index is 2.25. The first-order valence-electron chi connectivity index (χ1n) is 6.64. The maximum Gasteiger partial charge on any atom is 0.188 e. The number of thiophene rings is 1. The van der Waals surface area contributed by atoms with Crippen molar-refractivity contribution < 1.29 is 8.42 Å². The zero-order chi connectivity index (χ0) is 16.1. The Bertz CT molecular complexity index is 935. The fourth-order valence-electron chi connectivity index (χ4n) is 2.08. The van der Waals surface area contributed by atoms with E-state index in [2.05, 4.69) is 10.1 Å². The van der Waals surface area contributed by atoms with Crippen molar-refractivity contribution in [3.63, 3.8) is 0 Å². The maximum absolute atomic E-state index is 12.6. The van der Waals surface area contributed by atoms with Gasteiger partial charge in [0.15, 0.2) is 15.5 Å². The molecule has 0 aliphatic rings. The van der Waals surface area contributed by atoms with Gasteiger partial charge in [-0.15, -0.1) is 11.3 Å². The minimum Gasteiger partial charge on any atom is -0.382 e. The van der Waals surface area contributed by atoms with E-state index in [9.17, 15) is 8.42 Å². The molecule has 3 rings (SSSR count). The summed E-state index contributed by atoms with van der Waals surface area (Å²) in [5.74, 6) is 0.0859. The number of aromatic nitrogens is 3. The molecular formula is C14H16N4O2S2. The molecule has 0 spiro atoms. The molecule has 0 aromatic carbocycles. The van der Waals surface area contributed by atoms with E-state index in [1.165, 1.54) is 10.7 Å². The maximum atomic E-state index is 12.6. The zero-order valence-corrected chi connectivity index (χ0v) is 14.1. The standard InChI is InChI=1S/C14H16N4O2S2/c1-14(2,3)22(19,20)11-8-16-13-9(10-5-4-6-21-10)7-17-18(13)12(11)15/h4-8H,15H2,1-3H3. The van der Waals surface area contributed by atoms with Crippen LogP contribution in [0.2, 0.25) is 0 Å². The zero-order valence-electron chi connectivity index (χ0n) is 12.4. The molecule has 8 heteroatoms. The van der Waals surface area contributed by atoms with Crippen LogP contribution in [0.5, 0.6) is 0 Å². The van der Waals surface area contributed by atoms with Gasteiger partial charge in [0.1, 0.15) is 10.7 Å². The van der Waals surface area contributed by atoms with Crippen LogP contribution in [-0.4, -0.2) is 27.8 Å². The molecule has 0 atom stereocenters. The van der Waals surface area contributed by atoms with Gasteiger partial charge in [0.05, 0.1) is 22.7 Å². The summed E-state index contributed by atoms with van der Waals surface area (Å²) in [6, 6.07) is 3.89. The molecule has 0 amide bonds. The molecule has 116 valence electrons. The number of nitrogen functional groups attached to an aromatic ring is 1. The van der Waals surface area contributed by atoms with Crippen molar-refractivity contribution in [2.75, 3.05) is 5.73 Å². The Hall–Kier alpha value is -1.93. The first-order valence-corrected chi connectivity index (χ1v) is 9.00. The molecule has 0 unspecified atom stereocenters. The highest BCUT2D eigenvalue weighted by Crippen LogP contribution is 2.32. The second-order valence-electron chi connectivity index (χ2n) is 5.89. The van der Waals surface area contributed by atoms with Gasteiger partial charge in [-0.2, -0.15) is 9.61 Å². The summed E-state index contributed by atoms with van der Waals surface area (Å²) < 4.78 is 25.6. The quantitative estimate of drug-likeness (QED) is 0.777. The van der Waals surface area contributed by atoms with Crippen LogP contribution in [-0.2, 0) is 9.84 Å². The molecule has 3 heterocycles. The van der Waals surface area contributed by atoms with Gasteiger partial charge in [0.25, 0.3) is 0 Å².